The fourth-order valence-corrected chi connectivity index (χ4v) is 4.73. The molecule has 1 aromatic carbocycles. The summed E-state index contributed by atoms with van der Waals surface area (Å²) in [4.78, 5) is 14.9. The van der Waals surface area contributed by atoms with Crippen molar-refractivity contribution in [2.75, 3.05) is 6.54 Å². The summed E-state index contributed by atoms with van der Waals surface area (Å²) in [6, 6.07) is 10.5. The number of carbonyl (C=O) groups excluding carboxylic acids is 1. The van der Waals surface area contributed by atoms with Crippen molar-refractivity contribution in [3.05, 3.63) is 35.9 Å². The molecule has 0 saturated carbocycles. The van der Waals surface area contributed by atoms with Crippen molar-refractivity contribution >= 4 is 14.4 Å². The molecule has 1 aliphatic heterocycles. The van der Waals surface area contributed by atoms with Gasteiger partial charge in [-0.15, -0.1) is 0 Å². The van der Waals surface area contributed by atoms with Gasteiger partial charge in [0.25, 0.3) is 0 Å². The van der Waals surface area contributed by atoms with Crippen LogP contribution in [0.25, 0.3) is 0 Å². The summed E-state index contributed by atoms with van der Waals surface area (Å²) in [5, 5.41) is 3.23. The summed E-state index contributed by atoms with van der Waals surface area (Å²) in [6.45, 7) is 20.7. The second-order valence-electron chi connectivity index (χ2n) is 10.7. The Balaban J connectivity index is 2.20. The first-order valence-corrected chi connectivity index (χ1v) is 13.6. The molecule has 164 valence electrons. The Morgan fingerprint density at radius 3 is 2.24 bits per heavy atom. The molecule has 29 heavy (non-hydrogen) atoms. The number of amides is 1. The highest BCUT2D eigenvalue weighted by atomic mass is 28.4. The molecule has 1 heterocycles. The highest BCUT2D eigenvalue weighted by Crippen LogP contribution is 2.39. The van der Waals surface area contributed by atoms with Gasteiger partial charge in [-0.1, -0.05) is 51.1 Å². The summed E-state index contributed by atoms with van der Waals surface area (Å²) in [5.41, 5.74) is 0.745. The van der Waals surface area contributed by atoms with Crippen LogP contribution in [-0.4, -0.2) is 49.6 Å². The van der Waals surface area contributed by atoms with E-state index >= 15 is 0 Å². The van der Waals surface area contributed by atoms with Crippen LogP contribution in [0.5, 0.6) is 0 Å². The van der Waals surface area contributed by atoms with Crippen LogP contribution in [0.2, 0.25) is 18.1 Å². The van der Waals surface area contributed by atoms with Crippen LogP contribution in [0.15, 0.2) is 30.3 Å². The van der Waals surface area contributed by atoms with E-state index in [2.05, 4.69) is 75.3 Å². The Hall–Kier alpha value is -1.37. The van der Waals surface area contributed by atoms with Gasteiger partial charge in [-0.3, -0.25) is 4.90 Å². The third-order valence-electron chi connectivity index (χ3n) is 6.07. The van der Waals surface area contributed by atoms with Crippen molar-refractivity contribution in [1.82, 2.24) is 10.2 Å². The Morgan fingerprint density at radius 2 is 1.72 bits per heavy atom. The largest absolute Gasteiger partial charge is 0.444 e. The van der Waals surface area contributed by atoms with E-state index in [1.165, 1.54) is 5.56 Å². The van der Waals surface area contributed by atoms with Gasteiger partial charge in [-0.05, 0) is 51.4 Å². The van der Waals surface area contributed by atoms with Crippen molar-refractivity contribution in [2.45, 2.75) is 96.9 Å². The van der Waals surface area contributed by atoms with Crippen molar-refractivity contribution < 1.29 is 14.0 Å². The van der Waals surface area contributed by atoms with Crippen LogP contribution < -0.4 is 5.32 Å². The summed E-state index contributed by atoms with van der Waals surface area (Å²) < 4.78 is 12.3. The minimum atomic E-state index is -1.98. The summed E-state index contributed by atoms with van der Waals surface area (Å²) in [5.74, 6) is 0. The number of nitrogens with one attached hydrogen (secondary N) is 1. The minimum absolute atomic E-state index is 0.0536. The molecule has 0 spiro atoms. The van der Waals surface area contributed by atoms with E-state index in [1.54, 1.807) is 0 Å². The summed E-state index contributed by atoms with van der Waals surface area (Å²) >= 11 is 0. The highest BCUT2D eigenvalue weighted by Gasteiger charge is 2.47. The van der Waals surface area contributed by atoms with Gasteiger partial charge in [0, 0.05) is 19.1 Å². The van der Waals surface area contributed by atoms with Gasteiger partial charge in [0.1, 0.15) is 5.60 Å². The fourth-order valence-electron chi connectivity index (χ4n) is 3.40. The molecule has 2 rings (SSSR count). The third kappa shape index (κ3) is 6.56. The smallest absolute Gasteiger partial charge is 0.408 e. The van der Waals surface area contributed by atoms with E-state index in [0.717, 1.165) is 13.1 Å². The molecule has 0 aliphatic carbocycles. The van der Waals surface area contributed by atoms with Crippen LogP contribution in [0.3, 0.4) is 0 Å². The van der Waals surface area contributed by atoms with Crippen LogP contribution >= 0.6 is 0 Å². The van der Waals surface area contributed by atoms with Crippen molar-refractivity contribution in [3.8, 4) is 0 Å². The number of hydrogen-bond donors (Lipinski definition) is 1. The molecule has 0 bridgehead atoms. The number of alkyl carbamates (subject to hydrolysis) is 1. The average molecular weight is 421 g/mol. The zero-order valence-electron chi connectivity index (χ0n) is 19.7. The van der Waals surface area contributed by atoms with E-state index in [1.807, 2.05) is 26.8 Å². The first-order valence-electron chi connectivity index (χ1n) is 10.6. The molecule has 5 nitrogen and oxygen atoms in total. The van der Waals surface area contributed by atoms with E-state index in [0.29, 0.717) is 0 Å². The molecule has 1 N–H and O–H groups in total. The Kier molecular flexibility index (Phi) is 7.24. The maximum Gasteiger partial charge on any atom is 0.408 e. The number of nitrogens with zero attached hydrogens (tertiary/aromatic N) is 1. The van der Waals surface area contributed by atoms with Crippen LogP contribution in [-0.2, 0) is 15.7 Å². The van der Waals surface area contributed by atoms with E-state index in [9.17, 15) is 4.79 Å². The lowest BCUT2D eigenvalue weighted by Gasteiger charge is -2.40. The molecule has 0 aromatic heterocycles. The molecule has 0 unspecified atom stereocenters. The van der Waals surface area contributed by atoms with Gasteiger partial charge >= 0.3 is 6.09 Å². The van der Waals surface area contributed by atoms with Gasteiger partial charge < -0.3 is 14.5 Å². The monoisotopic (exact) mass is 420 g/mol. The molecular weight excluding hydrogens is 380 g/mol. The lowest BCUT2D eigenvalue weighted by atomic mass is 10.1. The first kappa shape index (κ1) is 23.9. The first-order chi connectivity index (χ1) is 13.2. The van der Waals surface area contributed by atoms with Gasteiger partial charge in [0.2, 0.25) is 0 Å². The molecule has 1 aliphatic rings. The predicted octanol–water partition coefficient (Wildman–Crippen LogP) is 5.17. The molecule has 3 atom stereocenters. The maximum absolute atomic E-state index is 12.5. The van der Waals surface area contributed by atoms with Crippen LogP contribution in [0.4, 0.5) is 4.79 Å². The van der Waals surface area contributed by atoms with Crippen LogP contribution in [0.1, 0.15) is 54.0 Å². The SMILES string of the molecule is C[C@H]1[C@H](NC(=O)OC(C)(C)C)[C@@H](O[Si](C)(C)C(C)(C)C)CN1Cc1ccccc1. The number of carbonyl (C=O) groups is 1. The predicted molar refractivity (Wildman–Crippen MR) is 122 cm³/mol. The molecular formula is C23H40N2O3Si. The number of benzene rings is 1. The molecule has 1 aromatic rings. The van der Waals surface area contributed by atoms with Crippen molar-refractivity contribution in [2.24, 2.45) is 0 Å². The zero-order valence-corrected chi connectivity index (χ0v) is 20.7. The number of likely N-dealkylation sites (tertiary alicyclic amines) is 1. The summed E-state index contributed by atoms with van der Waals surface area (Å²) in [6.07, 6.45) is -0.429. The molecule has 1 amide bonds. The lowest BCUT2D eigenvalue weighted by Crippen LogP contribution is -2.53. The van der Waals surface area contributed by atoms with Gasteiger partial charge in [0.05, 0.1) is 12.1 Å². The number of rotatable bonds is 5. The van der Waals surface area contributed by atoms with Crippen molar-refractivity contribution in [1.29, 1.82) is 0 Å². The number of hydrogen-bond acceptors (Lipinski definition) is 4. The molecule has 6 heteroatoms. The molecule has 1 saturated heterocycles. The van der Waals surface area contributed by atoms with Crippen LogP contribution in [0, 0.1) is 0 Å². The van der Waals surface area contributed by atoms with E-state index < -0.39 is 13.9 Å². The van der Waals surface area contributed by atoms with E-state index in [4.69, 9.17) is 9.16 Å². The third-order valence-corrected chi connectivity index (χ3v) is 10.6. The Bertz CT molecular complexity index is 680. The second kappa shape index (κ2) is 8.78. The summed E-state index contributed by atoms with van der Waals surface area (Å²) in [7, 11) is -1.98. The van der Waals surface area contributed by atoms with Crippen molar-refractivity contribution in [3.63, 3.8) is 0 Å². The lowest BCUT2D eigenvalue weighted by molar-refractivity contribution is 0.0453. The zero-order chi connectivity index (χ0) is 22.0. The van der Waals surface area contributed by atoms with Gasteiger partial charge in [-0.25, -0.2) is 4.79 Å². The molecule has 1 fully saturated rings. The standard InChI is InChI=1S/C23H40N2O3Si/c1-17-20(24-21(26)27-22(2,3)4)19(28-29(8,9)23(5,6)7)16-25(17)15-18-13-11-10-12-14-18/h10-14,17,19-20H,15-16H2,1-9H3,(H,24,26)/t17-,19-,20-/m0/s1. The van der Waals surface area contributed by atoms with Gasteiger partial charge in [0.15, 0.2) is 8.32 Å². The normalized spacial score (nSPS) is 23.8. The number of ether oxygens (including phenoxy) is 1. The molecule has 0 radical (unpaired) electrons. The fraction of sp³-hybridized carbons (Fsp3) is 0.696. The minimum Gasteiger partial charge on any atom is -0.444 e. The topological polar surface area (TPSA) is 50.8 Å². The van der Waals surface area contributed by atoms with Gasteiger partial charge in [-0.2, -0.15) is 0 Å². The average Bonchev–Trinajstić information content (AvgIpc) is 2.81. The maximum atomic E-state index is 12.5. The Morgan fingerprint density at radius 1 is 1.14 bits per heavy atom. The Labute approximate surface area is 178 Å². The quantitative estimate of drug-likeness (QED) is 0.667. The highest BCUT2D eigenvalue weighted by molar-refractivity contribution is 6.74. The van der Waals surface area contributed by atoms with E-state index in [-0.39, 0.29) is 29.3 Å². The second-order valence-corrected chi connectivity index (χ2v) is 15.5.